The van der Waals surface area contributed by atoms with Gasteiger partial charge in [-0.25, -0.2) is 0 Å². The van der Waals surface area contributed by atoms with E-state index in [0.29, 0.717) is 10.7 Å². The lowest BCUT2D eigenvalue weighted by molar-refractivity contribution is -0.141. The van der Waals surface area contributed by atoms with Gasteiger partial charge in [-0.3, -0.25) is 14.5 Å². The van der Waals surface area contributed by atoms with Gasteiger partial charge in [-0.05, 0) is 25.0 Å². The summed E-state index contributed by atoms with van der Waals surface area (Å²) in [4.78, 5) is 26.9. The van der Waals surface area contributed by atoms with Crippen LogP contribution in [0.3, 0.4) is 0 Å². The molecule has 3 rings (SSSR count). The molecule has 26 heavy (non-hydrogen) atoms. The molecule has 1 fully saturated rings. The lowest BCUT2D eigenvalue weighted by Crippen LogP contribution is -2.35. The van der Waals surface area contributed by atoms with E-state index in [1.54, 1.807) is 0 Å². The topological polar surface area (TPSA) is 60.9 Å². The molecule has 1 aromatic carbocycles. The number of hydrogen-bond donors (Lipinski definition) is 1. The third kappa shape index (κ3) is 3.14. The fourth-order valence-electron chi connectivity index (χ4n) is 3.69. The molecule has 7 heteroatoms. The highest BCUT2D eigenvalue weighted by Crippen LogP contribution is 2.47. The molecule has 0 aromatic heterocycles. The maximum Gasteiger partial charge on any atom is 0.323 e. The minimum atomic E-state index is -1.05. The van der Waals surface area contributed by atoms with Crippen LogP contribution in [0.2, 0.25) is 0 Å². The van der Waals surface area contributed by atoms with Gasteiger partial charge in [-0.2, -0.15) is 0 Å². The van der Waals surface area contributed by atoms with Crippen LogP contribution in [0.15, 0.2) is 36.0 Å². The second-order valence-corrected chi connectivity index (χ2v) is 8.74. The zero-order valence-electron chi connectivity index (χ0n) is 15.1. The molecule has 0 spiro atoms. The van der Waals surface area contributed by atoms with Crippen LogP contribution in [0.25, 0.3) is 0 Å². The lowest BCUT2D eigenvalue weighted by atomic mass is 9.83. The molecular formula is C19H22N2O3S2. The van der Waals surface area contributed by atoms with Gasteiger partial charge in [0.05, 0.1) is 5.25 Å². The molecule has 2 aliphatic heterocycles. The van der Waals surface area contributed by atoms with Gasteiger partial charge in [0.25, 0.3) is 0 Å². The van der Waals surface area contributed by atoms with Gasteiger partial charge < -0.3 is 10.0 Å². The number of likely N-dealkylation sites (N-methyl/N-ethyl adjacent to an activating group) is 1. The first-order chi connectivity index (χ1) is 12.3. The Morgan fingerprint density at radius 1 is 1.35 bits per heavy atom. The van der Waals surface area contributed by atoms with Crippen molar-refractivity contribution in [1.82, 2.24) is 4.90 Å². The van der Waals surface area contributed by atoms with Gasteiger partial charge in [0.1, 0.15) is 10.9 Å². The van der Waals surface area contributed by atoms with Crippen molar-refractivity contribution < 1.29 is 14.7 Å². The monoisotopic (exact) mass is 390 g/mol. The van der Waals surface area contributed by atoms with E-state index < -0.39 is 5.97 Å². The average molecular weight is 391 g/mol. The first-order valence-electron chi connectivity index (χ1n) is 8.58. The molecule has 138 valence electrons. The summed E-state index contributed by atoms with van der Waals surface area (Å²) in [6.45, 7) is 6.99. The lowest BCUT2D eigenvalue weighted by Gasteiger charge is -2.26. The van der Waals surface area contributed by atoms with Crippen LogP contribution in [0.5, 0.6) is 0 Å². The number of allylic oxidation sites excluding steroid dienone is 2. The molecule has 1 aromatic rings. The maximum absolute atomic E-state index is 12.5. The summed E-state index contributed by atoms with van der Waals surface area (Å²) in [7, 11) is 0. The number of thiocarbonyl (C=S) groups is 1. The summed E-state index contributed by atoms with van der Waals surface area (Å²) in [5.74, 6) is -1.26. The number of rotatable bonds is 5. The van der Waals surface area contributed by atoms with E-state index in [0.717, 1.165) is 6.54 Å². The normalized spacial score (nSPS) is 23.0. The Hall–Kier alpha value is -1.86. The highest BCUT2D eigenvalue weighted by molar-refractivity contribution is 8.24. The number of amides is 1. The van der Waals surface area contributed by atoms with Crippen LogP contribution in [0, 0.1) is 0 Å². The molecule has 0 saturated carbocycles. The molecule has 1 saturated heterocycles. The van der Waals surface area contributed by atoms with Crippen LogP contribution >= 0.6 is 24.0 Å². The van der Waals surface area contributed by atoms with Crippen molar-refractivity contribution in [3.05, 3.63) is 41.6 Å². The van der Waals surface area contributed by atoms with Crippen molar-refractivity contribution in [3.8, 4) is 0 Å². The second kappa shape index (κ2) is 7.04. The van der Waals surface area contributed by atoms with E-state index in [2.05, 4.69) is 49.9 Å². The van der Waals surface area contributed by atoms with Crippen molar-refractivity contribution in [2.45, 2.75) is 37.9 Å². The molecule has 0 aliphatic carbocycles. The number of para-hydroxylation sites is 1. The number of anilines is 1. The van der Waals surface area contributed by atoms with Gasteiger partial charge in [-0.15, -0.1) is 0 Å². The van der Waals surface area contributed by atoms with Crippen LogP contribution < -0.4 is 4.90 Å². The van der Waals surface area contributed by atoms with Gasteiger partial charge in [0.2, 0.25) is 5.91 Å². The van der Waals surface area contributed by atoms with Crippen LogP contribution in [0.4, 0.5) is 5.69 Å². The Morgan fingerprint density at radius 3 is 2.69 bits per heavy atom. The molecule has 1 atom stereocenters. The van der Waals surface area contributed by atoms with E-state index in [4.69, 9.17) is 17.3 Å². The largest absolute Gasteiger partial charge is 0.480 e. The summed E-state index contributed by atoms with van der Waals surface area (Å²) in [6, 6.07) is 8.37. The summed E-state index contributed by atoms with van der Waals surface area (Å²) in [5, 5.41) is 8.60. The predicted octanol–water partition coefficient (Wildman–Crippen LogP) is 3.39. The number of hydrogen-bond acceptors (Lipinski definition) is 5. The number of aliphatic carboxylic acids is 1. The van der Waals surface area contributed by atoms with Crippen LogP contribution in [-0.4, -0.2) is 44.5 Å². The highest BCUT2D eigenvalue weighted by Gasteiger charge is 2.41. The molecule has 1 unspecified atom stereocenters. The van der Waals surface area contributed by atoms with E-state index in [1.807, 2.05) is 6.07 Å². The molecule has 5 nitrogen and oxygen atoms in total. The van der Waals surface area contributed by atoms with E-state index >= 15 is 0 Å². The summed E-state index contributed by atoms with van der Waals surface area (Å²) in [5.41, 5.74) is 3.53. The number of benzene rings is 1. The Bertz CT molecular complexity index is 804. The zero-order chi connectivity index (χ0) is 19.1. The smallest absolute Gasteiger partial charge is 0.323 e. The summed E-state index contributed by atoms with van der Waals surface area (Å²) in [6.07, 6.45) is 2.65. The SMILES string of the molecule is CCN1/C(=C\CC2SC(=S)N(CC(=O)O)C2=O)C(C)(C)c2ccccc21. The van der Waals surface area contributed by atoms with Crippen molar-refractivity contribution in [2.24, 2.45) is 0 Å². The van der Waals surface area contributed by atoms with Crippen LogP contribution in [0.1, 0.15) is 32.8 Å². The number of thioether (sulfide) groups is 1. The van der Waals surface area contributed by atoms with Gasteiger partial charge >= 0.3 is 5.97 Å². The minimum Gasteiger partial charge on any atom is -0.480 e. The van der Waals surface area contributed by atoms with Crippen molar-refractivity contribution in [3.63, 3.8) is 0 Å². The van der Waals surface area contributed by atoms with Crippen molar-refractivity contribution >= 4 is 45.9 Å². The molecule has 1 N–H and O–H groups in total. The van der Waals surface area contributed by atoms with Crippen molar-refractivity contribution in [1.29, 1.82) is 0 Å². The molecule has 0 bridgehead atoms. The first kappa shape index (κ1) is 18.9. The molecule has 2 aliphatic rings. The number of carboxylic acids is 1. The number of nitrogens with zero attached hydrogens (tertiary/aromatic N) is 2. The average Bonchev–Trinajstić information content (AvgIpc) is 2.97. The summed E-state index contributed by atoms with van der Waals surface area (Å²) >= 11 is 6.46. The number of carbonyl (C=O) groups excluding carboxylic acids is 1. The molecule has 0 radical (unpaired) electrons. The quantitative estimate of drug-likeness (QED) is 0.778. The third-order valence-corrected chi connectivity index (χ3v) is 6.55. The number of fused-ring (bicyclic) bond motifs is 1. The third-order valence-electron chi connectivity index (χ3n) is 4.94. The Morgan fingerprint density at radius 2 is 2.04 bits per heavy atom. The maximum atomic E-state index is 12.5. The number of carboxylic acid groups (broad SMARTS) is 1. The van der Waals surface area contributed by atoms with E-state index in [9.17, 15) is 9.59 Å². The van der Waals surface area contributed by atoms with E-state index in [1.165, 1.54) is 33.6 Å². The molecule has 1 amide bonds. The van der Waals surface area contributed by atoms with Crippen molar-refractivity contribution in [2.75, 3.05) is 18.0 Å². The van der Waals surface area contributed by atoms with Gasteiger partial charge in [0.15, 0.2) is 0 Å². The second-order valence-electron chi connectivity index (χ2n) is 6.90. The van der Waals surface area contributed by atoms with Crippen LogP contribution in [-0.2, 0) is 15.0 Å². The van der Waals surface area contributed by atoms with Gasteiger partial charge in [0, 0.05) is 23.3 Å². The molecule has 2 heterocycles. The highest BCUT2D eigenvalue weighted by atomic mass is 32.2. The zero-order valence-corrected chi connectivity index (χ0v) is 16.7. The minimum absolute atomic E-state index is 0.139. The Kier molecular flexibility index (Phi) is 5.12. The Balaban J connectivity index is 1.84. The predicted molar refractivity (Wildman–Crippen MR) is 109 cm³/mol. The number of carbonyl (C=O) groups is 2. The fraction of sp³-hybridized carbons (Fsp3) is 0.421. The fourth-order valence-corrected chi connectivity index (χ4v) is 5.14. The standard InChI is InChI=1S/C19H22N2O3S2/c1-4-20-13-8-6-5-7-12(13)19(2,3)15(20)10-9-14-17(24)21(11-16(22)23)18(25)26-14/h5-8,10,14H,4,9,11H2,1-3H3,(H,22,23)/b15-10-. The van der Waals surface area contributed by atoms with E-state index in [-0.39, 0.29) is 23.1 Å². The Labute approximate surface area is 163 Å². The molecular weight excluding hydrogens is 368 g/mol. The van der Waals surface area contributed by atoms with Gasteiger partial charge in [-0.1, -0.05) is 62.1 Å². The first-order valence-corrected chi connectivity index (χ1v) is 9.87. The summed E-state index contributed by atoms with van der Waals surface area (Å²) < 4.78 is 0.349.